The topological polar surface area (TPSA) is 9.72 Å². The smallest absolute Gasteiger partial charge is 0.0351 e. The van der Waals surface area contributed by atoms with Crippen LogP contribution in [0.4, 0.5) is 0 Å². The summed E-state index contributed by atoms with van der Waals surface area (Å²) in [7, 11) is 0. The van der Waals surface area contributed by atoms with Crippen LogP contribution >= 0.6 is 0 Å². The number of rotatable bonds is 4. The molecule has 2 aliphatic heterocycles. The molecule has 3 nitrogen and oxygen atoms in total. The van der Waals surface area contributed by atoms with Crippen LogP contribution in [0.1, 0.15) is 66.2 Å². The third-order valence-electron chi connectivity index (χ3n) is 8.61. The molecule has 138 valence electrons. The highest BCUT2D eigenvalue weighted by molar-refractivity contribution is 5.07. The average molecular weight is 334 g/mol. The van der Waals surface area contributed by atoms with E-state index in [0.717, 1.165) is 18.0 Å². The van der Waals surface area contributed by atoms with Gasteiger partial charge < -0.3 is 0 Å². The van der Waals surface area contributed by atoms with Gasteiger partial charge in [0.1, 0.15) is 0 Å². The van der Waals surface area contributed by atoms with Gasteiger partial charge in [-0.05, 0) is 63.7 Å². The number of hydrogen-bond acceptors (Lipinski definition) is 3. The van der Waals surface area contributed by atoms with E-state index in [1.165, 1.54) is 77.8 Å². The molecule has 2 saturated heterocycles. The molecule has 5 aliphatic rings. The highest BCUT2D eigenvalue weighted by atomic mass is 15.4. The summed E-state index contributed by atoms with van der Waals surface area (Å²) in [6, 6.07) is 1.57. The molecule has 0 N–H and O–H groups in total. The Hall–Kier alpha value is -0.120. The van der Waals surface area contributed by atoms with Gasteiger partial charge in [0.15, 0.2) is 0 Å². The number of hydrogen-bond donors (Lipinski definition) is 0. The minimum Gasteiger partial charge on any atom is -0.298 e. The number of likely N-dealkylation sites (tertiary alicyclic amines) is 1. The average Bonchev–Trinajstić information content (AvgIpc) is 2.55. The molecule has 3 aliphatic carbocycles. The van der Waals surface area contributed by atoms with E-state index >= 15 is 0 Å². The first-order valence-corrected chi connectivity index (χ1v) is 10.7. The molecule has 3 saturated carbocycles. The zero-order valence-corrected chi connectivity index (χ0v) is 16.6. The summed E-state index contributed by atoms with van der Waals surface area (Å²) >= 11 is 0. The fourth-order valence-electron chi connectivity index (χ4n) is 6.24. The van der Waals surface area contributed by atoms with E-state index in [1.54, 1.807) is 0 Å². The molecule has 5 fully saturated rings. The predicted octanol–water partition coefficient (Wildman–Crippen LogP) is 3.45. The molecule has 0 aromatic carbocycles. The maximum absolute atomic E-state index is 2.92. The minimum atomic E-state index is 0.590. The van der Waals surface area contributed by atoms with E-state index in [-0.39, 0.29) is 0 Å². The summed E-state index contributed by atoms with van der Waals surface area (Å²) in [5.41, 5.74) is 1.29. The molecule has 0 aromatic rings. The van der Waals surface area contributed by atoms with Crippen LogP contribution in [0.3, 0.4) is 0 Å². The largest absolute Gasteiger partial charge is 0.298 e. The van der Waals surface area contributed by atoms with Crippen LogP contribution in [0.2, 0.25) is 0 Å². The summed E-state index contributed by atoms with van der Waals surface area (Å²) in [6.07, 6.45) is 8.94. The molecule has 24 heavy (non-hydrogen) atoms. The molecule has 0 aromatic heterocycles. The third kappa shape index (κ3) is 2.75. The van der Waals surface area contributed by atoms with Crippen molar-refractivity contribution in [3.8, 4) is 0 Å². The van der Waals surface area contributed by atoms with Gasteiger partial charge in [-0.2, -0.15) is 0 Å². The zero-order chi connectivity index (χ0) is 16.9. The number of nitrogens with zero attached hydrogens (tertiary/aromatic N) is 3. The molecule has 2 heterocycles. The van der Waals surface area contributed by atoms with E-state index in [2.05, 4.69) is 42.4 Å². The van der Waals surface area contributed by atoms with Crippen molar-refractivity contribution in [1.29, 1.82) is 0 Å². The summed E-state index contributed by atoms with van der Waals surface area (Å²) in [4.78, 5) is 8.32. The molecule has 5 rings (SSSR count). The predicted molar refractivity (Wildman–Crippen MR) is 101 cm³/mol. The van der Waals surface area contributed by atoms with Gasteiger partial charge in [-0.25, -0.2) is 0 Å². The highest BCUT2D eigenvalue weighted by Gasteiger charge is 2.52. The lowest BCUT2D eigenvalue weighted by atomic mass is 9.53. The van der Waals surface area contributed by atoms with E-state index in [1.807, 2.05) is 0 Å². The van der Waals surface area contributed by atoms with Crippen molar-refractivity contribution in [1.82, 2.24) is 14.7 Å². The van der Waals surface area contributed by atoms with E-state index in [9.17, 15) is 0 Å². The Balaban J connectivity index is 1.30. The molecular weight excluding hydrogens is 294 g/mol. The van der Waals surface area contributed by atoms with E-state index < -0.39 is 0 Å². The quantitative estimate of drug-likeness (QED) is 0.780. The summed E-state index contributed by atoms with van der Waals surface area (Å²) < 4.78 is 0. The van der Waals surface area contributed by atoms with Crippen LogP contribution in [-0.2, 0) is 0 Å². The van der Waals surface area contributed by atoms with Crippen molar-refractivity contribution in [2.75, 3.05) is 39.3 Å². The standard InChI is InChI=1S/C21H39N3/c1-17(2)20-5-8-21(9-6-20,10-7-20)24-13-11-22(12-14-24)19-15-23(16-19)18(3)4/h17-19H,5-16H2,1-4H3. The first kappa shape index (κ1) is 17.3. The molecule has 3 heteroatoms. The van der Waals surface area contributed by atoms with Crippen LogP contribution in [0, 0.1) is 11.3 Å². The Labute approximate surface area is 149 Å². The SMILES string of the molecule is CC(C)N1CC(N2CCN(C34CCC(C(C)C)(CC3)CC4)CC2)C1. The van der Waals surface area contributed by atoms with Gasteiger partial charge in [0.2, 0.25) is 0 Å². The first-order valence-electron chi connectivity index (χ1n) is 10.7. The molecule has 2 bridgehead atoms. The Morgan fingerprint density at radius 3 is 1.75 bits per heavy atom. The van der Waals surface area contributed by atoms with Crippen molar-refractivity contribution in [2.45, 2.75) is 83.8 Å². The van der Waals surface area contributed by atoms with Gasteiger partial charge in [-0.3, -0.25) is 14.7 Å². The maximum atomic E-state index is 2.92. The van der Waals surface area contributed by atoms with Crippen LogP contribution in [0.15, 0.2) is 0 Å². The maximum Gasteiger partial charge on any atom is 0.0351 e. The molecule has 0 amide bonds. The Kier molecular flexibility index (Phi) is 4.50. The van der Waals surface area contributed by atoms with Crippen molar-refractivity contribution in [3.63, 3.8) is 0 Å². The van der Waals surface area contributed by atoms with Gasteiger partial charge in [-0.1, -0.05) is 13.8 Å². The molecule has 0 spiro atoms. The lowest BCUT2D eigenvalue weighted by Gasteiger charge is -2.61. The lowest BCUT2D eigenvalue weighted by molar-refractivity contribution is -0.0972. The Morgan fingerprint density at radius 1 is 0.750 bits per heavy atom. The van der Waals surface area contributed by atoms with Crippen molar-refractivity contribution < 1.29 is 0 Å². The summed E-state index contributed by atoms with van der Waals surface area (Å²) in [5.74, 6) is 0.884. The van der Waals surface area contributed by atoms with Crippen molar-refractivity contribution in [3.05, 3.63) is 0 Å². The van der Waals surface area contributed by atoms with E-state index in [0.29, 0.717) is 11.0 Å². The molecule has 0 atom stereocenters. The van der Waals surface area contributed by atoms with Crippen LogP contribution in [0.25, 0.3) is 0 Å². The summed E-state index contributed by atoms with van der Waals surface area (Å²) in [6.45, 7) is 17.5. The normalized spacial score (nSPS) is 39.8. The van der Waals surface area contributed by atoms with Gasteiger partial charge in [0, 0.05) is 56.9 Å². The fraction of sp³-hybridized carbons (Fsp3) is 1.00. The van der Waals surface area contributed by atoms with E-state index in [4.69, 9.17) is 0 Å². The second kappa shape index (κ2) is 6.25. The van der Waals surface area contributed by atoms with Crippen molar-refractivity contribution in [2.24, 2.45) is 11.3 Å². The Morgan fingerprint density at radius 2 is 1.29 bits per heavy atom. The first-order chi connectivity index (χ1) is 11.4. The van der Waals surface area contributed by atoms with Gasteiger partial charge in [0.25, 0.3) is 0 Å². The monoisotopic (exact) mass is 333 g/mol. The second-order valence-corrected chi connectivity index (χ2v) is 9.97. The van der Waals surface area contributed by atoms with Gasteiger partial charge in [-0.15, -0.1) is 0 Å². The molecule has 0 unspecified atom stereocenters. The third-order valence-corrected chi connectivity index (χ3v) is 8.61. The van der Waals surface area contributed by atoms with Gasteiger partial charge in [0.05, 0.1) is 0 Å². The van der Waals surface area contributed by atoms with Gasteiger partial charge >= 0.3 is 0 Å². The lowest BCUT2D eigenvalue weighted by Crippen LogP contribution is -2.67. The molecule has 0 radical (unpaired) electrons. The van der Waals surface area contributed by atoms with Crippen LogP contribution < -0.4 is 0 Å². The van der Waals surface area contributed by atoms with Crippen molar-refractivity contribution >= 4 is 0 Å². The van der Waals surface area contributed by atoms with Crippen LogP contribution in [-0.4, -0.2) is 71.6 Å². The Bertz CT molecular complexity index is 419. The second-order valence-electron chi connectivity index (χ2n) is 9.97. The molecular formula is C21H39N3. The number of fused-ring (bicyclic) bond motifs is 3. The number of piperazine rings is 1. The fourth-order valence-corrected chi connectivity index (χ4v) is 6.24. The highest BCUT2D eigenvalue weighted by Crippen LogP contribution is 2.57. The van der Waals surface area contributed by atoms with Crippen LogP contribution in [0.5, 0.6) is 0 Å². The zero-order valence-electron chi connectivity index (χ0n) is 16.6. The minimum absolute atomic E-state index is 0.590. The summed E-state index contributed by atoms with van der Waals surface area (Å²) in [5, 5.41) is 0.